The molecule has 4 aromatic rings. The molecule has 1 aliphatic rings. The third kappa shape index (κ3) is 4.28. The summed E-state index contributed by atoms with van der Waals surface area (Å²) in [5.41, 5.74) is 6.53. The smallest absolute Gasteiger partial charge is 0.174 e. The van der Waals surface area contributed by atoms with E-state index in [2.05, 4.69) is 81.9 Å². The van der Waals surface area contributed by atoms with Crippen molar-refractivity contribution in [2.75, 3.05) is 11.5 Å². The minimum absolute atomic E-state index is 0.0826. The number of ether oxygens (including phenoxy) is 1. The summed E-state index contributed by atoms with van der Waals surface area (Å²) < 4.78 is 7.87. The van der Waals surface area contributed by atoms with Gasteiger partial charge in [-0.1, -0.05) is 12.1 Å². The summed E-state index contributed by atoms with van der Waals surface area (Å²) in [5.74, 6) is 1.75. The van der Waals surface area contributed by atoms with Gasteiger partial charge in [0.1, 0.15) is 11.6 Å². The maximum absolute atomic E-state index is 5.89. The Morgan fingerprint density at radius 3 is 2.46 bits per heavy atom. The minimum atomic E-state index is -0.102. The molecule has 0 aliphatic carbocycles. The van der Waals surface area contributed by atoms with E-state index in [0.717, 1.165) is 39.9 Å². The SMILES string of the molecule is CCOc1ccc(N2C(=S)N[C@H](c3ccccn3)[C@@H]2c2cc(C)n(-c3ccc(C)cn3)c2C)cc1. The zero-order valence-electron chi connectivity index (χ0n) is 20.4. The van der Waals surface area contributed by atoms with Crippen molar-refractivity contribution < 1.29 is 4.74 Å². The molecule has 1 fully saturated rings. The van der Waals surface area contributed by atoms with Gasteiger partial charge < -0.3 is 19.5 Å². The molecule has 2 atom stereocenters. The molecule has 0 bridgehead atoms. The van der Waals surface area contributed by atoms with Gasteiger partial charge in [-0.25, -0.2) is 4.98 Å². The van der Waals surface area contributed by atoms with Gasteiger partial charge in [-0.2, -0.15) is 0 Å². The monoisotopic (exact) mass is 483 g/mol. The number of nitrogens with one attached hydrogen (secondary N) is 1. The number of anilines is 1. The number of hydrogen-bond acceptors (Lipinski definition) is 4. The van der Waals surface area contributed by atoms with E-state index in [-0.39, 0.29) is 12.1 Å². The standard InChI is InChI=1S/C28H29N5OS/c1-5-34-22-12-10-21(11-13-22)33-27(26(31-28(33)35)24-8-6-7-15-29-24)23-16-19(3)32(20(23)4)25-14-9-18(2)17-30-25/h6-17,26-27H,5H2,1-4H3,(H,31,35)/t26-,27+/m1/s1. The van der Waals surface area contributed by atoms with E-state index in [4.69, 9.17) is 17.0 Å². The quantitative estimate of drug-likeness (QED) is 0.352. The van der Waals surface area contributed by atoms with Crippen molar-refractivity contribution >= 4 is 23.0 Å². The molecule has 1 aromatic carbocycles. The lowest BCUT2D eigenvalue weighted by atomic mass is 9.96. The van der Waals surface area contributed by atoms with E-state index in [9.17, 15) is 0 Å². The van der Waals surface area contributed by atoms with Crippen LogP contribution in [0.1, 0.15) is 47.2 Å². The van der Waals surface area contributed by atoms with Gasteiger partial charge in [0.25, 0.3) is 0 Å². The highest BCUT2D eigenvalue weighted by Gasteiger charge is 2.42. The summed E-state index contributed by atoms with van der Waals surface area (Å²) in [4.78, 5) is 11.6. The number of nitrogens with zero attached hydrogens (tertiary/aromatic N) is 4. The topological polar surface area (TPSA) is 55.2 Å². The molecular formula is C28H29N5OS. The molecule has 7 heteroatoms. The number of thiocarbonyl (C=S) groups is 1. The number of hydrogen-bond donors (Lipinski definition) is 1. The van der Waals surface area contributed by atoms with Gasteiger partial charge in [0.2, 0.25) is 0 Å². The predicted molar refractivity (Wildman–Crippen MR) is 143 cm³/mol. The highest BCUT2D eigenvalue weighted by molar-refractivity contribution is 7.80. The molecule has 0 amide bonds. The van der Waals surface area contributed by atoms with E-state index in [1.54, 1.807) is 0 Å². The van der Waals surface area contributed by atoms with Crippen molar-refractivity contribution in [1.29, 1.82) is 0 Å². The van der Waals surface area contributed by atoms with Crippen molar-refractivity contribution in [2.45, 2.75) is 39.8 Å². The van der Waals surface area contributed by atoms with Crippen LogP contribution in [0, 0.1) is 20.8 Å². The van der Waals surface area contributed by atoms with Crippen LogP contribution >= 0.6 is 12.2 Å². The molecule has 1 N–H and O–H groups in total. The Balaban J connectivity index is 1.63. The van der Waals surface area contributed by atoms with Crippen molar-refractivity contribution in [3.05, 3.63) is 101 Å². The number of pyridine rings is 2. The van der Waals surface area contributed by atoms with Crippen LogP contribution in [0.3, 0.4) is 0 Å². The average molecular weight is 484 g/mol. The van der Waals surface area contributed by atoms with Gasteiger partial charge in [0.15, 0.2) is 5.11 Å². The molecule has 1 saturated heterocycles. The van der Waals surface area contributed by atoms with E-state index in [1.807, 2.05) is 43.6 Å². The third-order valence-electron chi connectivity index (χ3n) is 6.44. The molecule has 0 unspecified atom stereocenters. The summed E-state index contributed by atoms with van der Waals surface area (Å²) in [7, 11) is 0. The van der Waals surface area contributed by atoms with E-state index in [0.29, 0.717) is 11.7 Å². The normalized spacial score (nSPS) is 17.5. The molecule has 178 valence electrons. The Labute approximate surface area is 211 Å². The van der Waals surface area contributed by atoms with E-state index < -0.39 is 0 Å². The van der Waals surface area contributed by atoms with Crippen molar-refractivity contribution in [2.24, 2.45) is 0 Å². The maximum Gasteiger partial charge on any atom is 0.174 e. The predicted octanol–water partition coefficient (Wildman–Crippen LogP) is 5.77. The lowest BCUT2D eigenvalue weighted by molar-refractivity contribution is 0.340. The third-order valence-corrected chi connectivity index (χ3v) is 6.75. The highest BCUT2D eigenvalue weighted by atomic mass is 32.1. The molecule has 0 saturated carbocycles. The second-order valence-corrected chi connectivity index (χ2v) is 9.17. The Morgan fingerprint density at radius 2 is 1.80 bits per heavy atom. The van der Waals surface area contributed by atoms with E-state index in [1.165, 1.54) is 5.56 Å². The van der Waals surface area contributed by atoms with Crippen molar-refractivity contribution in [3.8, 4) is 11.6 Å². The average Bonchev–Trinajstić information content (AvgIpc) is 3.36. The lowest BCUT2D eigenvalue weighted by Crippen LogP contribution is -2.29. The van der Waals surface area contributed by atoms with Crippen molar-refractivity contribution in [3.63, 3.8) is 0 Å². The zero-order valence-corrected chi connectivity index (χ0v) is 21.2. The fourth-order valence-corrected chi connectivity index (χ4v) is 5.20. The largest absolute Gasteiger partial charge is 0.494 e. The van der Waals surface area contributed by atoms with Crippen LogP contribution in [0.4, 0.5) is 5.69 Å². The van der Waals surface area contributed by atoms with Crippen LogP contribution in [0.25, 0.3) is 5.82 Å². The molecule has 1 aliphatic heterocycles. The van der Waals surface area contributed by atoms with Gasteiger partial charge in [-0.3, -0.25) is 4.98 Å². The summed E-state index contributed by atoms with van der Waals surface area (Å²) >= 11 is 5.89. The molecule has 5 rings (SSSR count). The first-order chi connectivity index (χ1) is 17.0. The number of aromatic nitrogens is 3. The molecule has 35 heavy (non-hydrogen) atoms. The number of aryl methyl sites for hydroxylation is 2. The second kappa shape index (κ2) is 9.50. The lowest BCUT2D eigenvalue weighted by Gasteiger charge is -2.28. The molecule has 3 aromatic heterocycles. The van der Waals surface area contributed by atoms with Crippen LogP contribution in [-0.2, 0) is 0 Å². The van der Waals surface area contributed by atoms with Gasteiger partial charge in [0, 0.05) is 29.5 Å². The second-order valence-electron chi connectivity index (χ2n) is 8.78. The summed E-state index contributed by atoms with van der Waals surface area (Å²) in [6.07, 6.45) is 3.74. The number of benzene rings is 1. The van der Waals surface area contributed by atoms with Crippen LogP contribution in [0.2, 0.25) is 0 Å². The molecule has 0 spiro atoms. The Bertz CT molecular complexity index is 1330. The first-order valence-electron chi connectivity index (χ1n) is 11.8. The highest BCUT2D eigenvalue weighted by Crippen LogP contribution is 2.43. The van der Waals surface area contributed by atoms with Crippen LogP contribution in [0.15, 0.2) is 73.1 Å². The van der Waals surface area contributed by atoms with Gasteiger partial charge in [-0.15, -0.1) is 0 Å². The number of rotatable bonds is 6. The summed E-state index contributed by atoms with van der Waals surface area (Å²) in [5, 5.41) is 4.22. The summed E-state index contributed by atoms with van der Waals surface area (Å²) in [6, 6.07) is 20.3. The fraction of sp³-hybridized carbons (Fsp3) is 0.250. The zero-order chi connectivity index (χ0) is 24.5. The van der Waals surface area contributed by atoms with Crippen LogP contribution in [0.5, 0.6) is 5.75 Å². The summed E-state index contributed by atoms with van der Waals surface area (Å²) in [6.45, 7) is 8.94. The Kier molecular flexibility index (Phi) is 6.26. The Hall–Kier alpha value is -3.71. The Morgan fingerprint density at radius 1 is 1.00 bits per heavy atom. The van der Waals surface area contributed by atoms with E-state index >= 15 is 0 Å². The minimum Gasteiger partial charge on any atom is -0.494 e. The van der Waals surface area contributed by atoms with Crippen molar-refractivity contribution in [1.82, 2.24) is 19.9 Å². The first-order valence-corrected chi connectivity index (χ1v) is 12.2. The van der Waals surface area contributed by atoms with Crippen LogP contribution in [-0.4, -0.2) is 26.3 Å². The fourth-order valence-electron chi connectivity index (χ4n) is 4.85. The maximum atomic E-state index is 5.89. The molecule has 4 heterocycles. The molecular weight excluding hydrogens is 454 g/mol. The van der Waals surface area contributed by atoms with Gasteiger partial charge in [-0.05, 0) is 99.6 Å². The molecule has 6 nitrogen and oxygen atoms in total. The van der Waals surface area contributed by atoms with Gasteiger partial charge >= 0.3 is 0 Å². The first kappa shape index (κ1) is 23.1. The van der Waals surface area contributed by atoms with Gasteiger partial charge in [0.05, 0.1) is 24.4 Å². The molecule has 0 radical (unpaired) electrons. The van der Waals surface area contributed by atoms with Crippen LogP contribution < -0.4 is 15.0 Å².